The zero-order valence-corrected chi connectivity index (χ0v) is 18.2. The third kappa shape index (κ3) is 4.75. The number of aryl methyl sites for hydroxylation is 1. The number of carbonyl (C=O) groups is 1. The van der Waals surface area contributed by atoms with Crippen LogP contribution in [0.2, 0.25) is 5.02 Å². The molecular formula is C24H25ClN2O4. The van der Waals surface area contributed by atoms with Crippen LogP contribution in [0.25, 0.3) is 22.1 Å². The zero-order chi connectivity index (χ0) is 22.0. The second-order valence-electron chi connectivity index (χ2n) is 7.92. The summed E-state index contributed by atoms with van der Waals surface area (Å²) in [5.74, 6) is 0.436. The molecule has 3 aromatic rings. The number of halogens is 1. The molecule has 2 aromatic carbocycles. The Hall–Kier alpha value is -2.83. The van der Waals surface area contributed by atoms with Crippen molar-refractivity contribution in [2.24, 2.45) is 11.7 Å². The van der Waals surface area contributed by atoms with Crippen LogP contribution in [0.1, 0.15) is 18.4 Å². The molecule has 1 aliphatic heterocycles. The highest BCUT2D eigenvalue weighted by atomic mass is 35.5. The molecule has 1 aliphatic rings. The maximum Gasteiger partial charge on any atom is 0.344 e. The Kier molecular flexibility index (Phi) is 6.30. The smallest absolute Gasteiger partial charge is 0.344 e. The van der Waals surface area contributed by atoms with Gasteiger partial charge in [-0.3, -0.25) is 9.69 Å². The van der Waals surface area contributed by atoms with Crippen molar-refractivity contribution in [2.75, 3.05) is 26.2 Å². The third-order valence-corrected chi connectivity index (χ3v) is 6.19. The second kappa shape index (κ2) is 9.12. The fraction of sp³-hybridized carbons (Fsp3) is 0.333. The normalized spacial score (nSPS) is 15.3. The van der Waals surface area contributed by atoms with E-state index in [0.29, 0.717) is 28.5 Å². The highest BCUT2D eigenvalue weighted by Gasteiger charge is 2.22. The molecule has 4 rings (SSSR count). The summed E-state index contributed by atoms with van der Waals surface area (Å²) >= 11 is 5.96. The summed E-state index contributed by atoms with van der Waals surface area (Å²) < 4.78 is 11.5. The van der Waals surface area contributed by atoms with Crippen molar-refractivity contribution >= 4 is 28.5 Å². The first-order valence-corrected chi connectivity index (χ1v) is 10.8. The molecule has 0 aliphatic carbocycles. The van der Waals surface area contributed by atoms with Crippen molar-refractivity contribution in [3.63, 3.8) is 0 Å². The van der Waals surface area contributed by atoms with Gasteiger partial charge in [0.15, 0.2) is 0 Å². The molecule has 0 saturated carbocycles. The van der Waals surface area contributed by atoms with Crippen LogP contribution in [-0.2, 0) is 4.79 Å². The first-order chi connectivity index (χ1) is 14.9. The van der Waals surface area contributed by atoms with Crippen molar-refractivity contribution in [3.05, 3.63) is 63.5 Å². The van der Waals surface area contributed by atoms with E-state index in [1.165, 1.54) is 0 Å². The molecule has 0 radical (unpaired) electrons. The lowest BCUT2D eigenvalue weighted by Crippen LogP contribution is -2.40. The fourth-order valence-corrected chi connectivity index (χ4v) is 4.24. The molecule has 0 spiro atoms. The first kappa shape index (κ1) is 21.4. The van der Waals surface area contributed by atoms with E-state index in [4.69, 9.17) is 26.5 Å². The van der Waals surface area contributed by atoms with Crippen LogP contribution in [0.15, 0.2) is 51.7 Å². The van der Waals surface area contributed by atoms with E-state index >= 15 is 0 Å². The molecule has 1 amide bonds. The zero-order valence-electron chi connectivity index (χ0n) is 17.4. The highest BCUT2D eigenvalue weighted by Crippen LogP contribution is 2.29. The van der Waals surface area contributed by atoms with E-state index in [-0.39, 0.29) is 17.5 Å². The number of ether oxygens (including phenoxy) is 1. The molecule has 7 heteroatoms. The molecule has 1 saturated heterocycles. The van der Waals surface area contributed by atoms with Gasteiger partial charge >= 0.3 is 5.63 Å². The summed E-state index contributed by atoms with van der Waals surface area (Å²) in [7, 11) is 0. The highest BCUT2D eigenvalue weighted by molar-refractivity contribution is 6.30. The van der Waals surface area contributed by atoms with E-state index in [1.54, 1.807) is 18.2 Å². The summed E-state index contributed by atoms with van der Waals surface area (Å²) in [4.78, 5) is 26.2. The number of piperidine rings is 1. The number of fused-ring (bicyclic) bond motifs is 1. The number of primary amides is 1. The summed E-state index contributed by atoms with van der Waals surface area (Å²) in [5, 5.41) is 1.48. The van der Waals surface area contributed by atoms with Gasteiger partial charge in [-0.25, -0.2) is 4.79 Å². The monoisotopic (exact) mass is 440 g/mol. The molecule has 2 N–H and O–H groups in total. The van der Waals surface area contributed by atoms with Crippen LogP contribution < -0.4 is 16.1 Å². The number of carbonyl (C=O) groups excluding carboxylic acids is 1. The van der Waals surface area contributed by atoms with Gasteiger partial charge in [-0.2, -0.15) is 0 Å². The Labute approximate surface area is 185 Å². The van der Waals surface area contributed by atoms with Crippen molar-refractivity contribution in [1.29, 1.82) is 0 Å². The van der Waals surface area contributed by atoms with Crippen molar-refractivity contribution < 1.29 is 13.9 Å². The summed E-state index contributed by atoms with van der Waals surface area (Å²) in [5.41, 5.74) is 7.67. The molecule has 31 heavy (non-hydrogen) atoms. The Morgan fingerprint density at radius 2 is 1.90 bits per heavy atom. The van der Waals surface area contributed by atoms with Crippen LogP contribution >= 0.6 is 11.6 Å². The van der Waals surface area contributed by atoms with E-state index in [9.17, 15) is 9.59 Å². The Balaban J connectivity index is 1.45. The predicted molar refractivity (Wildman–Crippen MR) is 122 cm³/mol. The van der Waals surface area contributed by atoms with E-state index < -0.39 is 0 Å². The lowest BCUT2D eigenvalue weighted by Gasteiger charge is -2.30. The minimum absolute atomic E-state index is 0.0124. The number of likely N-dealkylation sites (tertiary alicyclic amines) is 1. The fourth-order valence-electron chi connectivity index (χ4n) is 4.11. The predicted octanol–water partition coefficient (Wildman–Crippen LogP) is 4.00. The lowest BCUT2D eigenvalue weighted by atomic mass is 9.96. The standard InChI is InChI=1S/C24H25ClN2O4/c1-15-20-7-6-19(30-13-12-27-10-8-17(9-11-27)23(26)28)14-21(20)31-24(29)22(15)16-2-4-18(25)5-3-16/h2-7,14,17H,8-13H2,1H3,(H2,26,28). The van der Waals surface area contributed by atoms with E-state index in [2.05, 4.69) is 4.90 Å². The number of nitrogens with zero attached hydrogens (tertiary/aromatic N) is 1. The minimum atomic E-state index is -0.387. The molecule has 0 unspecified atom stereocenters. The van der Waals surface area contributed by atoms with Gasteiger partial charge in [-0.1, -0.05) is 23.7 Å². The van der Waals surface area contributed by atoms with Gasteiger partial charge in [0.25, 0.3) is 0 Å². The lowest BCUT2D eigenvalue weighted by molar-refractivity contribution is -0.123. The molecule has 0 bridgehead atoms. The molecule has 0 atom stereocenters. The van der Waals surface area contributed by atoms with Crippen LogP contribution in [0, 0.1) is 12.8 Å². The van der Waals surface area contributed by atoms with Gasteiger partial charge in [0.05, 0.1) is 5.56 Å². The van der Waals surface area contributed by atoms with Crippen LogP contribution in [0.3, 0.4) is 0 Å². The number of hydrogen-bond donors (Lipinski definition) is 1. The number of benzene rings is 2. The van der Waals surface area contributed by atoms with E-state index in [0.717, 1.165) is 49.0 Å². The van der Waals surface area contributed by atoms with Crippen LogP contribution in [0.4, 0.5) is 0 Å². The Morgan fingerprint density at radius 1 is 1.19 bits per heavy atom. The van der Waals surface area contributed by atoms with Gasteiger partial charge in [0, 0.05) is 28.9 Å². The molecule has 1 fully saturated rings. The topological polar surface area (TPSA) is 85.8 Å². The molecular weight excluding hydrogens is 416 g/mol. The summed E-state index contributed by atoms with van der Waals surface area (Å²) in [6, 6.07) is 12.7. The van der Waals surface area contributed by atoms with Crippen LogP contribution in [-0.4, -0.2) is 37.0 Å². The van der Waals surface area contributed by atoms with Crippen molar-refractivity contribution in [1.82, 2.24) is 4.90 Å². The molecule has 162 valence electrons. The number of nitrogens with two attached hydrogens (primary N) is 1. The van der Waals surface area contributed by atoms with Gasteiger partial charge in [0.1, 0.15) is 17.9 Å². The quantitative estimate of drug-likeness (QED) is 0.585. The number of rotatable bonds is 6. The average Bonchev–Trinajstić information content (AvgIpc) is 2.75. The van der Waals surface area contributed by atoms with Gasteiger partial charge in [-0.05, 0) is 68.2 Å². The maximum absolute atomic E-state index is 12.7. The van der Waals surface area contributed by atoms with Gasteiger partial charge in [0.2, 0.25) is 5.91 Å². The Bertz CT molecular complexity index is 1150. The van der Waals surface area contributed by atoms with Crippen molar-refractivity contribution in [2.45, 2.75) is 19.8 Å². The molecule has 2 heterocycles. The molecule has 1 aromatic heterocycles. The van der Waals surface area contributed by atoms with Crippen LogP contribution in [0.5, 0.6) is 5.75 Å². The Morgan fingerprint density at radius 3 is 2.58 bits per heavy atom. The second-order valence-corrected chi connectivity index (χ2v) is 8.36. The number of hydrogen-bond acceptors (Lipinski definition) is 5. The maximum atomic E-state index is 12.7. The third-order valence-electron chi connectivity index (χ3n) is 5.94. The van der Waals surface area contributed by atoms with E-state index in [1.807, 2.05) is 31.2 Å². The largest absolute Gasteiger partial charge is 0.492 e. The minimum Gasteiger partial charge on any atom is -0.492 e. The van der Waals surface area contributed by atoms with Gasteiger partial charge < -0.3 is 14.9 Å². The average molecular weight is 441 g/mol. The summed E-state index contributed by atoms with van der Waals surface area (Å²) in [6.07, 6.45) is 1.59. The molecule has 6 nitrogen and oxygen atoms in total. The van der Waals surface area contributed by atoms with Crippen molar-refractivity contribution in [3.8, 4) is 16.9 Å². The number of amides is 1. The van der Waals surface area contributed by atoms with Gasteiger partial charge in [-0.15, -0.1) is 0 Å². The SMILES string of the molecule is Cc1c(-c2ccc(Cl)cc2)c(=O)oc2cc(OCCN3CCC(C(N)=O)CC3)ccc12. The summed E-state index contributed by atoms with van der Waals surface area (Å²) in [6.45, 7) is 4.88. The first-order valence-electron chi connectivity index (χ1n) is 10.4.